The van der Waals surface area contributed by atoms with Gasteiger partial charge in [0, 0.05) is 32.4 Å². The second-order valence-corrected chi connectivity index (χ2v) is 7.05. The number of halogens is 1. The fourth-order valence-electron chi connectivity index (χ4n) is 3.16. The molecule has 0 aliphatic carbocycles. The Hall–Kier alpha value is -2.74. The highest BCUT2D eigenvalue weighted by atomic mass is 35.5. The highest BCUT2D eigenvalue weighted by Crippen LogP contribution is 2.26. The minimum atomic E-state index is -1.17. The Morgan fingerprint density at radius 1 is 1.62 bits per heavy atom. The van der Waals surface area contributed by atoms with Crippen LogP contribution < -0.4 is 5.32 Å². The molecular weight excluding hydrogens is 402 g/mol. The summed E-state index contributed by atoms with van der Waals surface area (Å²) in [4.78, 5) is 36.1. The number of fused-ring (bicyclic) bond motifs is 1. The van der Waals surface area contributed by atoms with E-state index in [1.165, 1.54) is 13.4 Å². The van der Waals surface area contributed by atoms with Crippen LogP contribution in [0.4, 0.5) is 5.82 Å². The number of anilines is 1. The summed E-state index contributed by atoms with van der Waals surface area (Å²) in [5.41, 5.74) is -0.487. The zero-order chi connectivity index (χ0) is 21.2. The van der Waals surface area contributed by atoms with Crippen LogP contribution in [0.5, 0.6) is 0 Å². The third-order valence-corrected chi connectivity index (χ3v) is 5.13. The van der Waals surface area contributed by atoms with E-state index < -0.39 is 23.6 Å². The normalized spacial score (nSPS) is 19.4. The molecule has 1 fully saturated rings. The molecule has 3 atom stereocenters. The van der Waals surface area contributed by atoms with Gasteiger partial charge in [0.15, 0.2) is 28.7 Å². The van der Waals surface area contributed by atoms with E-state index in [0.29, 0.717) is 24.1 Å². The van der Waals surface area contributed by atoms with Crippen molar-refractivity contribution >= 4 is 40.5 Å². The van der Waals surface area contributed by atoms with Crippen molar-refractivity contribution in [3.63, 3.8) is 0 Å². The summed E-state index contributed by atoms with van der Waals surface area (Å²) in [5, 5.41) is 12.2. The molecule has 1 unspecified atom stereocenters. The lowest BCUT2D eigenvalue weighted by Crippen LogP contribution is -2.42. The molecule has 10 nitrogen and oxygen atoms in total. The number of imidazole rings is 1. The summed E-state index contributed by atoms with van der Waals surface area (Å²) in [5.74, 6) is 1.37. The first-order valence-electron chi connectivity index (χ1n) is 8.86. The molecule has 29 heavy (non-hydrogen) atoms. The number of carbonyl (C=O) groups is 2. The van der Waals surface area contributed by atoms with Gasteiger partial charge in [0.25, 0.3) is 5.91 Å². The van der Waals surface area contributed by atoms with E-state index in [1.807, 2.05) is 6.92 Å². The van der Waals surface area contributed by atoms with E-state index in [1.54, 1.807) is 4.57 Å². The van der Waals surface area contributed by atoms with Gasteiger partial charge in [-0.15, -0.1) is 6.42 Å². The van der Waals surface area contributed by atoms with Crippen LogP contribution in [-0.2, 0) is 25.6 Å². The standard InChI is InChI=1S/C18H20ClN5O5/c1-4-18(8-25,28-3)10(2)7-24-9-20-13-14(22-17(19)23-15(13)24)21-16(27)11-5-6-12(26)29-11/h1,9-11,25H,5-8H2,2-3H3,(H,21,22,23,27)/t10-,11+,18?/m0/s1. The second kappa shape index (κ2) is 8.32. The van der Waals surface area contributed by atoms with Crippen LogP contribution in [-0.4, -0.2) is 61.9 Å². The Morgan fingerprint density at radius 3 is 2.97 bits per heavy atom. The van der Waals surface area contributed by atoms with Crippen molar-refractivity contribution in [2.45, 2.75) is 38.0 Å². The molecule has 1 amide bonds. The number of esters is 1. The molecule has 1 aliphatic heterocycles. The number of nitrogens with zero attached hydrogens (tertiary/aromatic N) is 4. The predicted octanol–water partition coefficient (Wildman–Crippen LogP) is 0.771. The first-order chi connectivity index (χ1) is 13.8. The van der Waals surface area contributed by atoms with Gasteiger partial charge in [0.1, 0.15) is 0 Å². The predicted molar refractivity (Wildman–Crippen MR) is 103 cm³/mol. The van der Waals surface area contributed by atoms with Crippen molar-refractivity contribution in [2.24, 2.45) is 5.92 Å². The minimum Gasteiger partial charge on any atom is -0.452 e. The molecule has 2 aromatic rings. The molecule has 1 saturated heterocycles. The number of aliphatic hydroxyl groups excluding tert-OH is 1. The Kier molecular flexibility index (Phi) is 6.02. The van der Waals surface area contributed by atoms with E-state index in [2.05, 4.69) is 26.2 Å². The Morgan fingerprint density at radius 2 is 2.38 bits per heavy atom. The van der Waals surface area contributed by atoms with Gasteiger partial charge in [-0.25, -0.2) is 4.98 Å². The lowest BCUT2D eigenvalue weighted by atomic mass is 9.90. The van der Waals surface area contributed by atoms with Gasteiger partial charge in [0.2, 0.25) is 5.28 Å². The monoisotopic (exact) mass is 421 g/mol. The lowest BCUT2D eigenvalue weighted by molar-refractivity contribution is -0.146. The summed E-state index contributed by atoms with van der Waals surface area (Å²) in [6.45, 7) is 1.78. The summed E-state index contributed by atoms with van der Waals surface area (Å²) >= 11 is 6.03. The first kappa shape index (κ1) is 21.0. The fraction of sp³-hybridized carbons (Fsp3) is 0.500. The maximum absolute atomic E-state index is 12.4. The second-order valence-electron chi connectivity index (χ2n) is 6.71. The van der Waals surface area contributed by atoms with E-state index in [-0.39, 0.29) is 30.0 Å². The quantitative estimate of drug-likeness (QED) is 0.381. The molecule has 0 radical (unpaired) electrons. The van der Waals surface area contributed by atoms with E-state index in [9.17, 15) is 14.7 Å². The molecule has 0 spiro atoms. The minimum absolute atomic E-state index is 0.0947. The molecule has 3 heterocycles. The van der Waals surface area contributed by atoms with Crippen LogP contribution in [0.2, 0.25) is 5.28 Å². The Labute approximate surface area is 171 Å². The number of nitrogens with one attached hydrogen (secondary N) is 1. The molecule has 2 aromatic heterocycles. The number of aliphatic hydroxyl groups is 1. The Bertz CT molecular complexity index is 981. The number of methoxy groups -OCH3 is 1. The number of terminal acetylenes is 1. The van der Waals surface area contributed by atoms with E-state index in [0.717, 1.165) is 0 Å². The van der Waals surface area contributed by atoms with Gasteiger partial charge in [-0.3, -0.25) is 9.59 Å². The summed E-state index contributed by atoms with van der Waals surface area (Å²) < 4.78 is 12.0. The molecule has 0 aromatic carbocycles. The molecule has 1 aliphatic rings. The number of hydrogen-bond acceptors (Lipinski definition) is 8. The number of rotatable bonds is 7. The maximum Gasteiger partial charge on any atom is 0.306 e. The average Bonchev–Trinajstić information content (AvgIpc) is 3.30. The van der Waals surface area contributed by atoms with Crippen molar-refractivity contribution in [1.82, 2.24) is 19.5 Å². The van der Waals surface area contributed by atoms with Crippen molar-refractivity contribution in [1.29, 1.82) is 0 Å². The van der Waals surface area contributed by atoms with E-state index in [4.69, 9.17) is 27.5 Å². The van der Waals surface area contributed by atoms with Crippen molar-refractivity contribution in [3.05, 3.63) is 11.6 Å². The van der Waals surface area contributed by atoms with Gasteiger partial charge in [-0.2, -0.15) is 9.97 Å². The number of ether oxygens (including phenoxy) is 2. The van der Waals surface area contributed by atoms with Crippen LogP contribution in [0.3, 0.4) is 0 Å². The van der Waals surface area contributed by atoms with Crippen LogP contribution in [0.1, 0.15) is 19.8 Å². The molecule has 0 saturated carbocycles. The van der Waals surface area contributed by atoms with Crippen molar-refractivity contribution in [2.75, 3.05) is 19.0 Å². The summed E-state index contributed by atoms with van der Waals surface area (Å²) in [6.07, 6.45) is 6.66. The SMILES string of the molecule is C#CC(CO)(OC)[C@@H](C)Cn1cnc2c(NC(=O)[C@H]3CCC(=O)O3)nc(Cl)nc21. The van der Waals surface area contributed by atoms with Crippen molar-refractivity contribution in [3.8, 4) is 12.3 Å². The molecule has 11 heteroatoms. The van der Waals surface area contributed by atoms with Gasteiger partial charge in [-0.1, -0.05) is 12.8 Å². The molecule has 3 rings (SSSR count). The summed E-state index contributed by atoms with van der Waals surface area (Å²) in [7, 11) is 1.43. The van der Waals surface area contributed by atoms with Crippen LogP contribution in [0, 0.1) is 18.3 Å². The third kappa shape index (κ3) is 4.03. The largest absolute Gasteiger partial charge is 0.452 e. The fourth-order valence-corrected chi connectivity index (χ4v) is 3.32. The van der Waals surface area contributed by atoms with Gasteiger partial charge in [-0.05, 0) is 11.6 Å². The maximum atomic E-state index is 12.4. The molecule has 154 valence electrons. The zero-order valence-electron chi connectivity index (χ0n) is 15.9. The molecule has 0 bridgehead atoms. The highest BCUT2D eigenvalue weighted by Gasteiger charge is 2.35. The number of aromatic nitrogens is 4. The van der Waals surface area contributed by atoms with Crippen LogP contribution >= 0.6 is 11.6 Å². The zero-order valence-corrected chi connectivity index (χ0v) is 16.6. The van der Waals surface area contributed by atoms with Crippen LogP contribution in [0.15, 0.2) is 6.33 Å². The first-order valence-corrected chi connectivity index (χ1v) is 9.23. The highest BCUT2D eigenvalue weighted by molar-refractivity contribution is 6.28. The smallest absolute Gasteiger partial charge is 0.306 e. The number of cyclic esters (lactones) is 1. The van der Waals surface area contributed by atoms with E-state index >= 15 is 0 Å². The number of hydrogen-bond donors (Lipinski definition) is 2. The Balaban J connectivity index is 1.88. The number of amides is 1. The van der Waals surface area contributed by atoms with Gasteiger partial charge in [0.05, 0.1) is 12.9 Å². The average molecular weight is 422 g/mol. The molecular formula is C18H20ClN5O5. The topological polar surface area (TPSA) is 128 Å². The van der Waals surface area contributed by atoms with Gasteiger partial charge >= 0.3 is 5.97 Å². The number of carbonyl (C=O) groups excluding carboxylic acids is 2. The van der Waals surface area contributed by atoms with Crippen molar-refractivity contribution < 1.29 is 24.2 Å². The summed E-state index contributed by atoms with van der Waals surface area (Å²) in [6, 6.07) is 0. The molecule has 2 N–H and O–H groups in total. The third-order valence-electron chi connectivity index (χ3n) is 4.97. The van der Waals surface area contributed by atoms with Crippen LogP contribution in [0.25, 0.3) is 11.2 Å². The lowest BCUT2D eigenvalue weighted by Gasteiger charge is -2.31. The van der Waals surface area contributed by atoms with Gasteiger partial charge < -0.3 is 24.5 Å².